The lowest BCUT2D eigenvalue weighted by molar-refractivity contribution is -0.136. The molecule has 1 aromatic carbocycles. The fourth-order valence-electron chi connectivity index (χ4n) is 2.60. The SMILES string of the molecule is CCC(=O)Nc1ccc(NC2=C(C(=O)OC)CN(CCO)C2=O)cc1OC. The number of nitrogens with one attached hydrogen (secondary N) is 2. The number of ether oxygens (including phenoxy) is 2. The van der Waals surface area contributed by atoms with Crippen LogP contribution in [0.1, 0.15) is 13.3 Å². The van der Waals surface area contributed by atoms with E-state index in [0.29, 0.717) is 23.5 Å². The first kappa shape index (κ1) is 20.2. The van der Waals surface area contributed by atoms with E-state index >= 15 is 0 Å². The average molecular weight is 377 g/mol. The molecule has 0 radical (unpaired) electrons. The molecular formula is C18H23N3O6. The van der Waals surface area contributed by atoms with Crippen molar-refractivity contribution >= 4 is 29.2 Å². The summed E-state index contributed by atoms with van der Waals surface area (Å²) in [7, 11) is 2.70. The standard InChI is InChI=1S/C18H23N3O6/c1-4-15(23)20-13-6-5-11(9-14(13)26-2)19-16-12(18(25)27-3)10-21(7-8-22)17(16)24/h5-6,9,19,22H,4,7-8,10H2,1-3H3,(H,20,23). The van der Waals surface area contributed by atoms with Gasteiger partial charge in [0.05, 0.1) is 38.6 Å². The second-order valence-electron chi connectivity index (χ2n) is 5.74. The molecule has 9 nitrogen and oxygen atoms in total. The molecule has 2 rings (SSSR count). The molecule has 1 aliphatic heterocycles. The number of rotatable bonds is 8. The molecule has 0 aromatic heterocycles. The normalized spacial score (nSPS) is 13.6. The summed E-state index contributed by atoms with van der Waals surface area (Å²) in [4.78, 5) is 37.5. The molecule has 9 heteroatoms. The van der Waals surface area contributed by atoms with Crippen LogP contribution in [0.15, 0.2) is 29.5 Å². The minimum atomic E-state index is -0.620. The molecule has 1 aromatic rings. The molecule has 0 unspecified atom stereocenters. The van der Waals surface area contributed by atoms with E-state index < -0.39 is 11.9 Å². The number of aliphatic hydroxyl groups is 1. The lowest BCUT2D eigenvalue weighted by Gasteiger charge is -2.16. The number of carbonyl (C=O) groups is 3. The highest BCUT2D eigenvalue weighted by Gasteiger charge is 2.34. The fourth-order valence-corrected chi connectivity index (χ4v) is 2.60. The summed E-state index contributed by atoms with van der Waals surface area (Å²) in [5.74, 6) is -0.785. The van der Waals surface area contributed by atoms with Gasteiger partial charge in [0.25, 0.3) is 5.91 Å². The minimum absolute atomic E-state index is 0.0518. The third-order valence-corrected chi connectivity index (χ3v) is 4.02. The number of nitrogens with zero attached hydrogens (tertiary/aromatic N) is 1. The molecule has 0 saturated carbocycles. The molecule has 27 heavy (non-hydrogen) atoms. The molecule has 0 spiro atoms. The Morgan fingerprint density at radius 3 is 2.63 bits per heavy atom. The second kappa shape index (κ2) is 9.04. The van der Waals surface area contributed by atoms with Crippen LogP contribution in [0, 0.1) is 0 Å². The van der Waals surface area contributed by atoms with E-state index in [2.05, 4.69) is 10.6 Å². The monoisotopic (exact) mass is 377 g/mol. The maximum absolute atomic E-state index is 12.5. The summed E-state index contributed by atoms with van der Waals surface area (Å²) in [5, 5.41) is 14.7. The summed E-state index contributed by atoms with van der Waals surface area (Å²) in [6.45, 7) is 1.68. The Morgan fingerprint density at radius 2 is 2.04 bits per heavy atom. The van der Waals surface area contributed by atoms with E-state index in [1.165, 1.54) is 19.1 Å². The van der Waals surface area contributed by atoms with Crippen LogP contribution in [-0.2, 0) is 19.1 Å². The molecule has 3 N–H and O–H groups in total. The van der Waals surface area contributed by atoms with Crippen molar-refractivity contribution in [1.29, 1.82) is 0 Å². The highest BCUT2D eigenvalue weighted by molar-refractivity contribution is 6.08. The van der Waals surface area contributed by atoms with Crippen molar-refractivity contribution in [2.24, 2.45) is 0 Å². The van der Waals surface area contributed by atoms with E-state index in [1.54, 1.807) is 25.1 Å². The van der Waals surface area contributed by atoms with Gasteiger partial charge < -0.3 is 30.1 Å². The third kappa shape index (κ3) is 4.56. The van der Waals surface area contributed by atoms with E-state index in [1.807, 2.05) is 0 Å². The highest BCUT2D eigenvalue weighted by atomic mass is 16.5. The van der Waals surface area contributed by atoms with Crippen molar-refractivity contribution in [3.63, 3.8) is 0 Å². The summed E-state index contributed by atoms with van der Waals surface area (Å²) >= 11 is 0. The van der Waals surface area contributed by atoms with Gasteiger partial charge in [-0.15, -0.1) is 0 Å². The fraction of sp³-hybridized carbons (Fsp3) is 0.389. The molecule has 1 heterocycles. The van der Waals surface area contributed by atoms with Crippen LogP contribution in [0.5, 0.6) is 5.75 Å². The zero-order chi connectivity index (χ0) is 20.0. The van der Waals surface area contributed by atoms with Crippen molar-refractivity contribution in [1.82, 2.24) is 4.90 Å². The van der Waals surface area contributed by atoms with Crippen LogP contribution < -0.4 is 15.4 Å². The molecule has 146 valence electrons. The lowest BCUT2D eigenvalue weighted by Crippen LogP contribution is -2.31. The predicted octanol–water partition coefficient (Wildman–Crippen LogP) is 0.717. The van der Waals surface area contributed by atoms with Crippen LogP contribution in [0.3, 0.4) is 0 Å². The van der Waals surface area contributed by atoms with Crippen molar-refractivity contribution in [2.75, 3.05) is 44.5 Å². The van der Waals surface area contributed by atoms with Gasteiger partial charge in [0.1, 0.15) is 11.4 Å². The van der Waals surface area contributed by atoms with E-state index in [-0.39, 0.29) is 36.9 Å². The average Bonchev–Trinajstić information content (AvgIpc) is 2.98. The molecule has 0 fully saturated rings. The smallest absolute Gasteiger partial charge is 0.337 e. The molecule has 0 saturated heterocycles. The van der Waals surface area contributed by atoms with Crippen molar-refractivity contribution in [3.8, 4) is 5.75 Å². The van der Waals surface area contributed by atoms with Crippen molar-refractivity contribution in [3.05, 3.63) is 29.5 Å². The van der Waals surface area contributed by atoms with Gasteiger partial charge in [-0.25, -0.2) is 4.79 Å². The second-order valence-corrected chi connectivity index (χ2v) is 5.74. The Labute approximate surface area is 156 Å². The summed E-state index contributed by atoms with van der Waals surface area (Å²) in [5.41, 5.74) is 1.26. The number of β-amino-alcohol motifs (C(OH)–C–C–N with tert-alkyl or cyclic N) is 1. The van der Waals surface area contributed by atoms with Crippen LogP contribution in [0.2, 0.25) is 0 Å². The number of hydrogen-bond donors (Lipinski definition) is 3. The van der Waals surface area contributed by atoms with Gasteiger partial charge in [0.15, 0.2) is 0 Å². The minimum Gasteiger partial charge on any atom is -0.494 e. The third-order valence-electron chi connectivity index (χ3n) is 4.02. The van der Waals surface area contributed by atoms with Gasteiger partial charge in [-0.1, -0.05) is 6.92 Å². The van der Waals surface area contributed by atoms with Crippen LogP contribution in [0.25, 0.3) is 0 Å². The number of esters is 1. The Kier molecular flexibility index (Phi) is 6.78. The van der Waals surface area contributed by atoms with E-state index in [0.717, 1.165) is 0 Å². The zero-order valence-corrected chi connectivity index (χ0v) is 15.5. The van der Waals surface area contributed by atoms with Crippen molar-refractivity contribution < 1.29 is 29.0 Å². The molecule has 0 aliphatic carbocycles. The molecule has 0 bridgehead atoms. The zero-order valence-electron chi connectivity index (χ0n) is 15.5. The summed E-state index contributed by atoms with van der Waals surface area (Å²) < 4.78 is 10.0. The molecule has 0 atom stereocenters. The lowest BCUT2D eigenvalue weighted by atomic mass is 10.2. The number of amides is 2. The summed E-state index contributed by atoms with van der Waals surface area (Å²) in [6.07, 6.45) is 0.327. The molecule has 2 amide bonds. The predicted molar refractivity (Wildman–Crippen MR) is 98.2 cm³/mol. The number of benzene rings is 1. The maximum Gasteiger partial charge on any atom is 0.337 e. The van der Waals surface area contributed by atoms with E-state index in [4.69, 9.17) is 14.6 Å². The van der Waals surface area contributed by atoms with Gasteiger partial charge in [-0.2, -0.15) is 0 Å². The van der Waals surface area contributed by atoms with Crippen LogP contribution in [-0.4, -0.2) is 61.7 Å². The van der Waals surface area contributed by atoms with Gasteiger partial charge in [0.2, 0.25) is 5.91 Å². The Hall–Kier alpha value is -3.07. The van der Waals surface area contributed by atoms with Gasteiger partial charge in [-0.3, -0.25) is 9.59 Å². The van der Waals surface area contributed by atoms with Gasteiger partial charge in [0, 0.05) is 24.7 Å². The van der Waals surface area contributed by atoms with Crippen LogP contribution in [0.4, 0.5) is 11.4 Å². The maximum atomic E-state index is 12.5. The van der Waals surface area contributed by atoms with Crippen LogP contribution >= 0.6 is 0 Å². The number of hydrogen-bond acceptors (Lipinski definition) is 7. The number of aliphatic hydroxyl groups excluding tert-OH is 1. The number of anilines is 2. The Balaban J connectivity index is 2.31. The largest absolute Gasteiger partial charge is 0.494 e. The van der Waals surface area contributed by atoms with Gasteiger partial charge >= 0.3 is 5.97 Å². The van der Waals surface area contributed by atoms with Crippen molar-refractivity contribution in [2.45, 2.75) is 13.3 Å². The Bertz CT molecular complexity index is 774. The first-order chi connectivity index (χ1) is 12.9. The summed E-state index contributed by atoms with van der Waals surface area (Å²) in [6, 6.07) is 4.89. The Morgan fingerprint density at radius 1 is 1.30 bits per heavy atom. The number of methoxy groups -OCH3 is 2. The number of carbonyl (C=O) groups excluding carboxylic acids is 3. The molecular weight excluding hydrogens is 354 g/mol. The molecule has 1 aliphatic rings. The first-order valence-electron chi connectivity index (χ1n) is 8.41. The quantitative estimate of drug-likeness (QED) is 0.571. The van der Waals surface area contributed by atoms with E-state index in [9.17, 15) is 14.4 Å². The van der Waals surface area contributed by atoms with Gasteiger partial charge in [-0.05, 0) is 12.1 Å². The topological polar surface area (TPSA) is 117 Å². The highest BCUT2D eigenvalue weighted by Crippen LogP contribution is 2.30. The first-order valence-corrected chi connectivity index (χ1v) is 8.41.